The predicted octanol–water partition coefficient (Wildman–Crippen LogP) is 2.42. The molecule has 0 radical (unpaired) electrons. The van der Waals surface area contributed by atoms with E-state index in [-0.39, 0.29) is 23.8 Å². The number of rotatable bonds is 5. The molecule has 0 bridgehead atoms. The zero-order valence-corrected chi connectivity index (χ0v) is 15.0. The van der Waals surface area contributed by atoms with Gasteiger partial charge in [-0.15, -0.1) is 0 Å². The standard InChI is InChI=1S/C20H28N2O3/c1-2-16(17-7-4-3-5-8-17)15-19(23)22-10-6-9-18(22)20(24)21-11-13-25-14-12-21/h3-5,7-8,16,18H,2,6,9-15H2,1H3/t16-,18-/m0/s1. The van der Waals surface area contributed by atoms with Gasteiger partial charge in [0.05, 0.1) is 13.2 Å². The molecule has 5 nitrogen and oxygen atoms in total. The van der Waals surface area contributed by atoms with Crippen molar-refractivity contribution in [3.63, 3.8) is 0 Å². The van der Waals surface area contributed by atoms with Crippen LogP contribution in [0, 0.1) is 0 Å². The fourth-order valence-electron chi connectivity index (χ4n) is 3.87. The van der Waals surface area contributed by atoms with Crippen LogP contribution in [0.1, 0.15) is 44.1 Å². The van der Waals surface area contributed by atoms with Gasteiger partial charge in [-0.25, -0.2) is 0 Å². The van der Waals surface area contributed by atoms with Gasteiger partial charge in [-0.2, -0.15) is 0 Å². The van der Waals surface area contributed by atoms with E-state index in [1.165, 1.54) is 5.56 Å². The molecule has 1 aromatic rings. The quantitative estimate of drug-likeness (QED) is 0.824. The first-order valence-electron chi connectivity index (χ1n) is 9.41. The fraction of sp³-hybridized carbons (Fsp3) is 0.600. The van der Waals surface area contributed by atoms with Crippen molar-refractivity contribution >= 4 is 11.8 Å². The van der Waals surface area contributed by atoms with Crippen LogP contribution in [0.15, 0.2) is 30.3 Å². The highest BCUT2D eigenvalue weighted by Gasteiger charge is 2.37. The number of amides is 2. The topological polar surface area (TPSA) is 49.9 Å². The molecule has 0 N–H and O–H groups in total. The fourth-order valence-corrected chi connectivity index (χ4v) is 3.87. The first-order valence-corrected chi connectivity index (χ1v) is 9.41. The Labute approximate surface area is 149 Å². The Morgan fingerprint density at radius 3 is 2.56 bits per heavy atom. The normalized spacial score (nSPS) is 22.0. The maximum Gasteiger partial charge on any atom is 0.245 e. The summed E-state index contributed by atoms with van der Waals surface area (Å²) >= 11 is 0. The number of hydrogen-bond acceptors (Lipinski definition) is 3. The van der Waals surface area contributed by atoms with Crippen LogP contribution >= 0.6 is 0 Å². The van der Waals surface area contributed by atoms with Gasteiger partial charge >= 0.3 is 0 Å². The second kappa shape index (κ2) is 8.48. The van der Waals surface area contributed by atoms with Gasteiger partial charge in [-0.3, -0.25) is 9.59 Å². The Bertz CT molecular complexity index is 584. The molecule has 2 amide bonds. The van der Waals surface area contributed by atoms with E-state index < -0.39 is 0 Å². The van der Waals surface area contributed by atoms with Gasteiger partial charge in [0, 0.05) is 26.1 Å². The van der Waals surface area contributed by atoms with Gasteiger partial charge in [0.1, 0.15) is 6.04 Å². The maximum absolute atomic E-state index is 12.9. The molecule has 2 saturated heterocycles. The lowest BCUT2D eigenvalue weighted by molar-refractivity contribution is -0.146. The SMILES string of the molecule is CC[C@@H](CC(=O)N1CCC[C@H]1C(=O)N1CCOCC1)c1ccccc1. The second-order valence-corrected chi connectivity index (χ2v) is 6.90. The van der Waals surface area contributed by atoms with E-state index in [0.29, 0.717) is 39.3 Å². The van der Waals surface area contributed by atoms with Gasteiger partial charge in [-0.1, -0.05) is 37.3 Å². The van der Waals surface area contributed by atoms with Crippen molar-refractivity contribution < 1.29 is 14.3 Å². The van der Waals surface area contributed by atoms with Crippen LogP contribution in [0.25, 0.3) is 0 Å². The first kappa shape index (κ1) is 17.9. The zero-order chi connectivity index (χ0) is 17.6. The van der Waals surface area contributed by atoms with Crippen molar-refractivity contribution in [3.8, 4) is 0 Å². The van der Waals surface area contributed by atoms with Crippen molar-refractivity contribution in [2.45, 2.75) is 44.6 Å². The van der Waals surface area contributed by atoms with Gasteiger partial charge < -0.3 is 14.5 Å². The summed E-state index contributed by atoms with van der Waals surface area (Å²) < 4.78 is 5.33. The molecule has 3 rings (SSSR count). The molecule has 0 saturated carbocycles. The molecule has 0 aromatic heterocycles. The average molecular weight is 344 g/mol. The van der Waals surface area contributed by atoms with Crippen molar-refractivity contribution in [2.24, 2.45) is 0 Å². The summed E-state index contributed by atoms with van der Waals surface area (Å²) in [6.07, 6.45) is 3.09. The maximum atomic E-state index is 12.9. The smallest absolute Gasteiger partial charge is 0.245 e. The molecule has 2 aliphatic rings. The monoisotopic (exact) mass is 344 g/mol. The van der Waals surface area contributed by atoms with Crippen LogP contribution in [0.4, 0.5) is 0 Å². The number of likely N-dealkylation sites (tertiary alicyclic amines) is 1. The van der Waals surface area contributed by atoms with E-state index in [0.717, 1.165) is 19.3 Å². The minimum absolute atomic E-state index is 0.0990. The van der Waals surface area contributed by atoms with Crippen LogP contribution in [0.3, 0.4) is 0 Å². The first-order chi connectivity index (χ1) is 12.2. The number of benzene rings is 1. The van der Waals surface area contributed by atoms with E-state index >= 15 is 0 Å². The van der Waals surface area contributed by atoms with E-state index in [2.05, 4.69) is 19.1 Å². The van der Waals surface area contributed by atoms with Crippen LogP contribution < -0.4 is 0 Å². The Morgan fingerprint density at radius 2 is 1.88 bits per heavy atom. The Hall–Kier alpha value is -1.88. The van der Waals surface area contributed by atoms with E-state index in [9.17, 15) is 9.59 Å². The molecule has 2 heterocycles. The molecule has 0 unspecified atom stereocenters. The summed E-state index contributed by atoms with van der Waals surface area (Å²) in [7, 11) is 0. The minimum atomic E-state index is -0.279. The number of carbonyl (C=O) groups excluding carboxylic acids is 2. The number of nitrogens with zero attached hydrogens (tertiary/aromatic N) is 2. The molecule has 136 valence electrons. The molecule has 25 heavy (non-hydrogen) atoms. The summed E-state index contributed by atoms with van der Waals surface area (Å²) in [5, 5.41) is 0. The lowest BCUT2D eigenvalue weighted by Gasteiger charge is -2.33. The molecular weight excluding hydrogens is 316 g/mol. The minimum Gasteiger partial charge on any atom is -0.378 e. The van der Waals surface area contributed by atoms with Crippen LogP contribution in [-0.2, 0) is 14.3 Å². The molecule has 1 aromatic carbocycles. The van der Waals surface area contributed by atoms with Gasteiger partial charge in [0.2, 0.25) is 11.8 Å². The number of carbonyl (C=O) groups is 2. The van der Waals surface area contributed by atoms with Crippen molar-refractivity contribution in [2.75, 3.05) is 32.8 Å². The number of hydrogen-bond donors (Lipinski definition) is 0. The summed E-state index contributed by atoms with van der Waals surface area (Å²) in [5.74, 6) is 0.426. The van der Waals surface area contributed by atoms with Gasteiger partial charge in [0.25, 0.3) is 0 Å². The van der Waals surface area contributed by atoms with E-state index in [1.807, 2.05) is 28.0 Å². The highest BCUT2D eigenvalue weighted by Crippen LogP contribution is 2.27. The lowest BCUT2D eigenvalue weighted by Crippen LogP contribution is -2.51. The summed E-state index contributed by atoms with van der Waals surface area (Å²) in [6, 6.07) is 9.92. The molecule has 0 aliphatic carbocycles. The van der Waals surface area contributed by atoms with E-state index in [1.54, 1.807) is 0 Å². The molecule has 2 fully saturated rings. The zero-order valence-electron chi connectivity index (χ0n) is 15.0. The molecule has 0 spiro atoms. The largest absolute Gasteiger partial charge is 0.378 e. The molecule has 2 atom stereocenters. The highest BCUT2D eigenvalue weighted by atomic mass is 16.5. The van der Waals surface area contributed by atoms with Crippen LogP contribution in [0.5, 0.6) is 0 Å². The Kier molecular flexibility index (Phi) is 6.08. The molecule has 2 aliphatic heterocycles. The van der Waals surface area contributed by atoms with E-state index in [4.69, 9.17) is 4.74 Å². The van der Waals surface area contributed by atoms with Crippen molar-refractivity contribution in [3.05, 3.63) is 35.9 Å². The summed E-state index contributed by atoms with van der Waals surface area (Å²) in [5.41, 5.74) is 1.20. The van der Waals surface area contributed by atoms with Crippen LogP contribution in [0.2, 0.25) is 0 Å². The Balaban J connectivity index is 1.64. The second-order valence-electron chi connectivity index (χ2n) is 6.90. The lowest BCUT2D eigenvalue weighted by atomic mass is 9.92. The summed E-state index contributed by atoms with van der Waals surface area (Å²) in [6.45, 7) is 5.28. The van der Waals surface area contributed by atoms with Gasteiger partial charge in [-0.05, 0) is 30.7 Å². The van der Waals surface area contributed by atoms with Crippen LogP contribution in [-0.4, -0.2) is 60.5 Å². The third kappa shape index (κ3) is 4.21. The van der Waals surface area contributed by atoms with Crippen molar-refractivity contribution in [1.82, 2.24) is 9.80 Å². The third-order valence-corrected chi connectivity index (χ3v) is 5.37. The number of ether oxygens (including phenoxy) is 1. The average Bonchev–Trinajstić information content (AvgIpc) is 3.16. The Morgan fingerprint density at radius 1 is 1.16 bits per heavy atom. The molecular formula is C20H28N2O3. The van der Waals surface area contributed by atoms with Crippen molar-refractivity contribution in [1.29, 1.82) is 0 Å². The highest BCUT2D eigenvalue weighted by molar-refractivity contribution is 5.88. The van der Waals surface area contributed by atoms with Gasteiger partial charge in [0.15, 0.2) is 0 Å². The number of morpholine rings is 1. The molecule has 5 heteroatoms. The summed E-state index contributed by atoms with van der Waals surface area (Å²) in [4.78, 5) is 29.4. The predicted molar refractivity (Wildman–Crippen MR) is 96.2 cm³/mol. The third-order valence-electron chi connectivity index (χ3n) is 5.37.